The Balaban J connectivity index is 1.95. The van der Waals surface area contributed by atoms with Crippen molar-refractivity contribution in [3.8, 4) is 0 Å². The van der Waals surface area contributed by atoms with Crippen molar-refractivity contribution in [2.45, 2.75) is 5.97 Å². The molecule has 0 aliphatic carbocycles. The number of ether oxygens (including phenoxy) is 2. The number of hydrogen-bond donors (Lipinski definition) is 0. The van der Waals surface area contributed by atoms with Crippen molar-refractivity contribution in [3.63, 3.8) is 0 Å². The molecule has 0 N–H and O–H groups in total. The molecule has 0 unspecified atom stereocenters. The van der Waals surface area contributed by atoms with Gasteiger partial charge >= 0.3 is 5.97 Å². The molecule has 0 saturated carbocycles. The second-order valence-corrected chi connectivity index (χ2v) is 1.75. The molecule has 2 aliphatic rings. The molecule has 2 heterocycles. The molecule has 0 aromatic rings. The Kier molecular flexibility index (Phi) is 0.830. The molecule has 0 bridgehead atoms. The minimum atomic E-state index is -0.793. The summed E-state index contributed by atoms with van der Waals surface area (Å²) in [6.45, 7) is 1.58. The summed E-state index contributed by atoms with van der Waals surface area (Å²) in [7, 11) is 0. The van der Waals surface area contributed by atoms with Gasteiger partial charge in [0.2, 0.25) is 0 Å². The molecule has 0 radical (unpaired) electrons. The molecule has 4 heteroatoms. The fraction of sp³-hybridized carbons (Fsp3) is 1.00. The van der Waals surface area contributed by atoms with E-state index in [9.17, 15) is 0 Å². The second-order valence-electron chi connectivity index (χ2n) is 1.75. The van der Waals surface area contributed by atoms with Crippen molar-refractivity contribution in [2.75, 3.05) is 19.8 Å². The van der Waals surface area contributed by atoms with E-state index in [1.165, 1.54) is 0 Å². The summed E-state index contributed by atoms with van der Waals surface area (Å²) >= 11 is 0. The third-order valence-corrected chi connectivity index (χ3v) is 1.10. The Labute approximate surface area is 46.2 Å². The Morgan fingerprint density at radius 2 is 2.00 bits per heavy atom. The number of hydrogen-bond acceptors (Lipinski definition) is 4. The summed E-state index contributed by atoms with van der Waals surface area (Å²) < 4.78 is 9.98. The van der Waals surface area contributed by atoms with Gasteiger partial charge in [-0.1, -0.05) is 0 Å². The third-order valence-electron chi connectivity index (χ3n) is 1.10. The molecule has 1 spiro atoms. The zero-order valence-corrected chi connectivity index (χ0v) is 4.25. The van der Waals surface area contributed by atoms with Crippen LogP contribution in [-0.2, 0) is 19.2 Å². The van der Waals surface area contributed by atoms with Gasteiger partial charge in [-0.25, -0.2) is 0 Å². The zero-order valence-electron chi connectivity index (χ0n) is 4.25. The second kappa shape index (κ2) is 1.41. The lowest BCUT2D eigenvalue weighted by Gasteiger charge is -2.14. The quantitative estimate of drug-likeness (QED) is 0.322. The summed E-state index contributed by atoms with van der Waals surface area (Å²) in [5, 5.41) is 0. The van der Waals surface area contributed by atoms with Gasteiger partial charge in [0, 0.05) is 0 Å². The van der Waals surface area contributed by atoms with Crippen LogP contribution >= 0.6 is 0 Å². The van der Waals surface area contributed by atoms with Crippen LogP contribution in [0.1, 0.15) is 0 Å². The summed E-state index contributed by atoms with van der Waals surface area (Å²) in [5.74, 6) is -0.793. The van der Waals surface area contributed by atoms with Gasteiger partial charge in [-0.3, -0.25) is 0 Å². The highest BCUT2D eigenvalue weighted by molar-refractivity contribution is 4.63. The molecule has 2 fully saturated rings. The van der Waals surface area contributed by atoms with E-state index < -0.39 is 5.97 Å². The van der Waals surface area contributed by atoms with Crippen molar-refractivity contribution < 1.29 is 19.2 Å². The maximum atomic E-state index is 5.01. The predicted octanol–water partition coefficient (Wildman–Crippen LogP) is -0.351. The van der Waals surface area contributed by atoms with Gasteiger partial charge in [-0.2, -0.15) is 9.78 Å². The first-order valence-corrected chi connectivity index (χ1v) is 2.50. The van der Waals surface area contributed by atoms with E-state index in [0.29, 0.717) is 19.8 Å². The van der Waals surface area contributed by atoms with Crippen LogP contribution in [0.15, 0.2) is 0 Å². The minimum absolute atomic E-state index is 0.396. The van der Waals surface area contributed by atoms with E-state index in [1.54, 1.807) is 0 Å². The van der Waals surface area contributed by atoms with Gasteiger partial charge in [0.1, 0.15) is 6.61 Å². The minimum Gasteiger partial charge on any atom is -0.370 e. The average molecular weight is 118 g/mol. The zero-order chi connectivity index (χ0) is 5.45. The summed E-state index contributed by atoms with van der Waals surface area (Å²) in [4.78, 5) is 8.98. The summed E-state index contributed by atoms with van der Waals surface area (Å²) in [6.07, 6.45) is 0. The Hall–Kier alpha value is -0.160. The van der Waals surface area contributed by atoms with Gasteiger partial charge in [-0.05, 0) is 0 Å². The highest BCUT2D eigenvalue weighted by Crippen LogP contribution is 2.32. The molecule has 2 rings (SSSR count). The summed E-state index contributed by atoms with van der Waals surface area (Å²) in [5.41, 5.74) is 0. The number of rotatable bonds is 0. The van der Waals surface area contributed by atoms with E-state index in [2.05, 4.69) is 9.78 Å². The van der Waals surface area contributed by atoms with Crippen LogP contribution < -0.4 is 0 Å². The average Bonchev–Trinajstić information content (AvgIpc) is 2.52. The van der Waals surface area contributed by atoms with E-state index in [1.807, 2.05) is 0 Å². The van der Waals surface area contributed by atoms with E-state index in [0.717, 1.165) is 0 Å². The first kappa shape index (κ1) is 4.69. The topological polar surface area (TPSA) is 43.5 Å². The van der Waals surface area contributed by atoms with Crippen LogP contribution in [0.3, 0.4) is 0 Å². The Morgan fingerprint density at radius 3 is 2.38 bits per heavy atom. The van der Waals surface area contributed by atoms with Crippen molar-refractivity contribution >= 4 is 0 Å². The lowest BCUT2D eigenvalue weighted by atomic mass is 10.5. The van der Waals surface area contributed by atoms with Gasteiger partial charge in [0.05, 0.1) is 13.2 Å². The van der Waals surface area contributed by atoms with Crippen LogP contribution in [0, 0.1) is 0 Å². The smallest absolute Gasteiger partial charge is 0.363 e. The highest BCUT2D eigenvalue weighted by Gasteiger charge is 2.53. The molecule has 0 atom stereocenters. The van der Waals surface area contributed by atoms with Gasteiger partial charge in [0.25, 0.3) is 0 Å². The van der Waals surface area contributed by atoms with Crippen molar-refractivity contribution in [2.24, 2.45) is 0 Å². The van der Waals surface area contributed by atoms with Gasteiger partial charge in [-0.15, -0.1) is 0 Å². The van der Waals surface area contributed by atoms with E-state index in [-0.39, 0.29) is 0 Å². The van der Waals surface area contributed by atoms with E-state index in [4.69, 9.17) is 9.47 Å². The molecule has 4 nitrogen and oxygen atoms in total. The lowest BCUT2D eigenvalue weighted by Crippen LogP contribution is -2.31. The Bertz CT molecular complexity index is 90.2. The fourth-order valence-electron chi connectivity index (χ4n) is 0.638. The molecule has 8 heavy (non-hydrogen) atoms. The van der Waals surface area contributed by atoms with Crippen molar-refractivity contribution in [1.82, 2.24) is 0 Å². The fourth-order valence-corrected chi connectivity index (χ4v) is 0.638. The molecule has 0 amide bonds. The summed E-state index contributed by atoms with van der Waals surface area (Å²) in [6, 6.07) is 0. The highest BCUT2D eigenvalue weighted by atomic mass is 17.5. The molecule has 2 aliphatic heterocycles. The van der Waals surface area contributed by atoms with Crippen LogP contribution in [-0.4, -0.2) is 25.8 Å². The normalized spacial score (nSPS) is 33.0. The van der Waals surface area contributed by atoms with Crippen LogP contribution in [0.5, 0.6) is 0 Å². The largest absolute Gasteiger partial charge is 0.370 e. The van der Waals surface area contributed by atoms with E-state index >= 15 is 0 Å². The standard InChI is InChI=1S/C4H6O4/c1-2-6-4(3-5-1)7-8-4/h1-3H2. The molecular weight excluding hydrogens is 112 g/mol. The molecule has 2 saturated heterocycles. The van der Waals surface area contributed by atoms with Crippen molar-refractivity contribution in [3.05, 3.63) is 0 Å². The monoisotopic (exact) mass is 118 g/mol. The van der Waals surface area contributed by atoms with Crippen molar-refractivity contribution in [1.29, 1.82) is 0 Å². The molecule has 0 aromatic carbocycles. The van der Waals surface area contributed by atoms with Crippen LogP contribution in [0.25, 0.3) is 0 Å². The molecular formula is C4H6O4. The third kappa shape index (κ3) is 0.621. The first-order chi connectivity index (χ1) is 3.91. The van der Waals surface area contributed by atoms with Gasteiger partial charge in [0.15, 0.2) is 0 Å². The van der Waals surface area contributed by atoms with Crippen LogP contribution in [0.4, 0.5) is 0 Å². The maximum absolute atomic E-state index is 5.01. The maximum Gasteiger partial charge on any atom is 0.363 e. The Morgan fingerprint density at radius 1 is 1.12 bits per heavy atom. The van der Waals surface area contributed by atoms with Gasteiger partial charge < -0.3 is 9.47 Å². The lowest BCUT2D eigenvalue weighted by molar-refractivity contribution is -0.162. The molecule has 46 valence electrons. The van der Waals surface area contributed by atoms with Crippen LogP contribution in [0.2, 0.25) is 0 Å². The first-order valence-electron chi connectivity index (χ1n) is 2.50. The SMILES string of the molecule is C1COC2(CO1)OO2. The molecule has 0 aromatic heterocycles. The predicted molar refractivity (Wildman–Crippen MR) is 21.7 cm³/mol.